The average Bonchev–Trinajstić information content (AvgIpc) is 2.14. The maximum atomic E-state index is 13.0. The fraction of sp³-hybridized carbons (Fsp3) is 1.00. The van der Waals surface area contributed by atoms with Gasteiger partial charge in [0.05, 0.1) is 0 Å². The second kappa shape index (κ2) is 8.10. The third-order valence-electron chi connectivity index (χ3n) is 2.15. The van der Waals surface area contributed by atoms with Crippen LogP contribution in [0.3, 0.4) is 0 Å². The SMILES string of the molecule is CC(C)O[SiH](OC(C)C)C(C)CC(F)C(F)F. The number of rotatable bonds is 8. The summed E-state index contributed by atoms with van der Waals surface area (Å²) in [4.78, 5) is 0. The van der Waals surface area contributed by atoms with Crippen LogP contribution in [0.1, 0.15) is 41.0 Å². The molecule has 2 nitrogen and oxygen atoms in total. The number of hydrogen-bond acceptors (Lipinski definition) is 2. The molecule has 0 heterocycles. The molecular weight excluding hydrogens is 249 g/mol. The zero-order valence-corrected chi connectivity index (χ0v) is 12.3. The fourth-order valence-corrected chi connectivity index (χ4v) is 3.56. The van der Waals surface area contributed by atoms with Crippen molar-refractivity contribution in [2.24, 2.45) is 0 Å². The first kappa shape index (κ1) is 16.9. The average molecular weight is 272 g/mol. The van der Waals surface area contributed by atoms with E-state index < -0.39 is 21.9 Å². The van der Waals surface area contributed by atoms with Crippen molar-refractivity contribution < 1.29 is 22.0 Å². The lowest BCUT2D eigenvalue weighted by Crippen LogP contribution is -2.34. The molecule has 0 aromatic carbocycles. The largest absolute Gasteiger partial charge is 0.394 e. The van der Waals surface area contributed by atoms with Crippen molar-refractivity contribution in [1.29, 1.82) is 0 Å². The van der Waals surface area contributed by atoms with Gasteiger partial charge in [0.15, 0.2) is 6.17 Å². The van der Waals surface area contributed by atoms with Crippen molar-refractivity contribution in [1.82, 2.24) is 0 Å². The topological polar surface area (TPSA) is 18.5 Å². The quantitative estimate of drug-likeness (QED) is 0.630. The monoisotopic (exact) mass is 272 g/mol. The van der Waals surface area contributed by atoms with Crippen molar-refractivity contribution in [3.63, 3.8) is 0 Å². The Morgan fingerprint density at radius 3 is 1.59 bits per heavy atom. The van der Waals surface area contributed by atoms with Gasteiger partial charge < -0.3 is 8.85 Å². The van der Waals surface area contributed by atoms with E-state index in [0.717, 1.165) is 0 Å². The van der Waals surface area contributed by atoms with Gasteiger partial charge in [0.1, 0.15) is 0 Å². The van der Waals surface area contributed by atoms with Gasteiger partial charge in [-0.3, -0.25) is 0 Å². The Kier molecular flexibility index (Phi) is 8.07. The molecule has 0 aliphatic rings. The van der Waals surface area contributed by atoms with Crippen molar-refractivity contribution >= 4 is 9.28 Å². The van der Waals surface area contributed by atoms with Crippen LogP contribution in [-0.4, -0.2) is 34.1 Å². The molecule has 0 spiro atoms. The second-order valence-electron chi connectivity index (χ2n) is 4.80. The number of alkyl halides is 3. The van der Waals surface area contributed by atoms with Gasteiger partial charge in [-0.15, -0.1) is 0 Å². The molecule has 0 aliphatic heterocycles. The molecule has 6 heteroatoms. The van der Waals surface area contributed by atoms with E-state index in [-0.39, 0.29) is 24.2 Å². The van der Waals surface area contributed by atoms with Crippen LogP contribution in [0.2, 0.25) is 5.54 Å². The summed E-state index contributed by atoms with van der Waals surface area (Å²) in [7, 11) is -2.11. The van der Waals surface area contributed by atoms with Crippen LogP contribution in [0.25, 0.3) is 0 Å². The van der Waals surface area contributed by atoms with Crippen LogP contribution < -0.4 is 0 Å². The smallest absolute Gasteiger partial charge is 0.324 e. The van der Waals surface area contributed by atoms with Crippen LogP contribution >= 0.6 is 0 Å². The predicted octanol–water partition coefficient (Wildman–Crippen LogP) is 3.44. The molecule has 0 aliphatic carbocycles. The van der Waals surface area contributed by atoms with E-state index in [1.54, 1.807) is 6.92 Å². The Bertz CT molecular complexity index is 193. The van der Waals surface area contributed by atoms with Crippen LogP contribution in [0.4, 0.5) is 13.2 Å². The predicted molar refractivity (Wildman–Crippen MR) is 64.5 cm³/mol. The summed E-state index contributed by atoms with van der Waals surface area (Å²) >= 11 is 0. The Morgan fingerprint density at radius 1 is 0.882 bits per heavy atom. The van der Waals surface area contributed by atoms with Gasteiger partial charge >= 0.3 is 9.28 Å². The highest BCUT2D eigenvalue weighted by molar-refractivity contribution is 6.46. The zero-order chi connectivity index (χ0) is 13.6. The summed E-state index contributed by atoms with van der Waals surface area (Å²) in [6, 6.07) is 0. The molecule has 0 aromatic rings. The molecule has 0 saturated carbocycles. The molecule has 0 aromatic heterocycles. The Morgan fingerprint density at radius 2 is 1.29 bits per heavy atom. The maximum Gasteiger partial charge on any atom is 0.324 e. The lowest BCUT2D eigenvalue weighted by Gasteiger charge is -2.27. The van der Waals surface area contributed by atoms with E-state index >= 15 is 0 Å². The highest BCUT2D eigenvalue weighted by atomic mass is 28.3. The number of halogens is 3. The first-order valence-corrected chi connectivity index (χ1v) is 7.58. The van der Waals surface area contributed by atoms with Gasteiger partial charge in [-0.05, 0) is 39.7 Å². The molecule has 0 rings (SSSR count). The molecular formula is C11H23F3O2Si. The maximum absolute atomic E-state index is 13.0. The summed E-state index contributed by atoms with van der Waals surface area (Å²) in [5, 5.41) is 0. The molecule has 0 radical (unpaired) electrons. The summed E-state index contributed by atoms with van der Waals surface area (Å²) in [5.74, 6) is 0. The molecule has 17 heavy (non-hydrogen) atoms. The van der Waals surface area contributed by atoms with Gasteiger partial charge in [-0.25, -0.2) is 13.2 Å². The first-order chi connectivity index (χ1) is 7.73. The Hall–Kier alpha value is -0.0731. The highest BCUT2D eigenvalue weighted by Gasteiger charge is 2.30. The molecule has 0 fully saturated rings. The second-order valence-corrected chi connectivity index (χ2v) is 7.22. The molecule has 2 unspecified atom stereocenters. The molecule has 0 N–H and O–H groups in total. The molecule has 104 valence electrons. The standard InChI is InChI=1S/C11H23F3O2Si/c1-7(2)15-17(16-8(3)4)9(5)6-10(12)11(13)14/h7-11,17H,6H2,1-5H3. The minimum Gasteiger partial charge on any atom is -0.394 e. The zero-order valence-electron chi connectivity index (χ0n) is 11.1. The molecule has 0 bridgehead atoms. The summed E-state index contributed by atoms with van der Waals surface area (Å²) in [6.07, 6.45) is -5.28. The van der Waals surface area contributed by atoms with Gasteiger partial charge in [0.25, 0.3) is 6.43 Å². The lowest BCUT2D eigenvalue weighted by molar-refractivity contribution is 0.0408. The normalized spacial score (nSPS) is 16.2. The van der Waals surface area contributed by atoms with Gasteiger partial charge in [-0.1, -0.05) is 6.92 Å². The lowest BCUT2D eigenvalue weighted by atomic mass is 10.2. The third kappa shape index (κ3) is 7.78. The van der Waals surface area contributed by atoms with Crippen molar-refractivity contribution in [2.45, 2.75) is 71.4 Å². The molecule has 0 saturated heterocycles. The van der Waals surface area contributed by atoms with E-state index in [1.165, 1.54) is 0 Å². The minimum atomic E-state index is -2.93. The third-order valence-corrected chi connectivity index (χ3v) is 4.97. The summed E-state index contributed by atoms with van der Waals surface area (Å²) < 4.78 is 48.5. The van der Waals surface area contributed by atoms with Gasteiger partial charge in [0.2, 0.25) is 0 Å². The number of hydrogen-bond donors (Lipinski definition) is 0. The van der Waals surface area contributed by atoms with Crippen molar-refractivity contribution in [2.75, 3.05) is 0 Å². The van der Waals surface area contributed by atoms with Gasteiger partial charge in [0, 0.05) is 12.2 Å². The van der Waals surface area contributed by atoms with E-state index in [4.69, 9.17) is 8.85 Å². The summed E-state index contributed by atoms with van der Waals surface area (Å²) in [6.45, 7) is 9.15. The van der Waals surface area contributed by atoms with E-state index in [2.05, 4.69) is 0 Å². The van der Waals surface area contributed by atoms with Crippen LogP contribution in [0, 0.1) is 0 Å². The van der Waals surface area contributed by atoms with Crippen LogP contribution in [0.15, 0.2) is 0 Å². The molecule has 2 atom stereocenters. The van der Waals surface area contributed by atoms with Gasteiger partial charge in [-0.2, -0.15) is 0 Å². The summed E-state index contributed by atoms with van der Waals surface area (Å²) in [5.41, 5.74) is -0.274. The van der Waals surface area contributed by atoms with Crippen molar-refractivity contribution in [3.05, 3.63) is 0 Å². The Balaban J connectivity index is 4.35. The molecule has 0 amide bonds. The van der Waals surface area contributed by atoms with E-state index in [9.17, 15) is 13.2 Å². The van der Waals surface area contributed by atoms with E-state index in [0.29, 0.717) is 0 Å². The van der Waals surface area contributed by atoms with E-state index in [1.807, 2.05) is 27.7 Å². The fourth-order valence-electron chi connectivity index (χ4n) is 1.41. The first-order valence-electron chi connectivity index (χ1n) is 5.97. The van der Waals surface area contributed by atoms with Crippen LogP contribution in [0.5, 0.6) is 0 Å². The highest BCUT2D eigenvalue weighted by Crippen LogP contribution is 2.24. The minimum absolute atomic E-state index is 0.0301. The van der Waals surface area contributed by atoms with Crippen molar-refractivity contribution in [3.8, 4) is 0 Å². The van der Waals surface area contributed by atoms with Crippen LogP contribution in [-0.2, 0) is 8.85 Å². The Labute approximate surface area is 103 Å².